The zero-order valence-corrected chi connectivity index (χ0v) is 15.7. The molecular weight excluding hydrogens is 377 g/mol. The lowest BCUT2D eigenvalue weighted by molar-refractivity contribution is 0.328. The van der Waals surface area contributed by atoms with Gasteiger partial charge in [-0.15, -0.1) is 66.5 Å². The van der Waals surface area contributed by atoms with Gasteiger partial charge in [0, 0.05) is 5.04 Å². The van der Waals surface area contributed by atoms with Crippen molar-refractivity contribution in [3.63, 3.8) is 0 Å². The Balaban J connectivity index is 1.98. The molecule has 2 aliphatic rings. The highest BCUT2D eigenvalue weighted by molar-refractivity contribution is 7.66. The van der Waals surface area contributed by atoms with E-state index in [1.54, 1.807) is 0 Å². The minimum atomic E-state index is -2.62. The average molecular weight is 391 g/mol. The van der Waals surface area contributed by atoms with E-state index in [0.717, 1.165) is 31.7 Å². The third-order valence-corrected chi connectivity index (χ3v) is 12.4. The second kappa shape index (κ2) is 5.18. The largest absolute Gasteiger partial charge is 0.347 e. The van der Waals surface area contributed by atoms with Crippen LogP contribution in [0, 0.1) is 11.8 Å². The molecule has 0 aromatic heterocycles. The Labute approximate surface area is 132 Å². The van der Waals surface area contributed by atoms with Crippen LogP contribution >= 0.6 is 66.5 Å². The van der Waals surface area contributed by atoms with Crippen molar-refractivity contribution in [1.82, 2.24) is 0 Å². The molecule has 0 aromatic carbocycles. The van der Waals surface area contributed by atoms with E-state index in [-0.39, 0.29) is 5.04 Å². The Kier molecular flexibility index (Phi) is 4.74. The predicted octanol–water partition coefficient (Wildman–Crippen LogP) is 6.25. The van der Waals surface area contributed by atoms with Crippen LogP contribution in [0.15, 0.2) is 0 Å². The standard InChI is InChI=1S/C9H14Cl6Si2/c10-16(11,12)4-2-8-6-9(17(13,14)15)3-1-7(8)5-9/h7-8H,1-6H2. The molecule has 3 atom stereocenters. The quantitative estimate of drug-likeness (QED) is 0.393. The second-order valence-corrected chi connectivity index (χ2v) is 23.6. The van der Waals surface area contributed by atoms with Gasteiger partial charge in [-0.05, 0) is 50.0 Å². The normalized spacial score (nSPS) is 37.8. The number of hydrogen-bond donors (Lipinski definition) is 0. The van der Waals surface area contributed by atoms with E-state index in [1.807, 2.05) is 0 Å². The molecule has 2 rings (SSSR count). The topological polar surface area (TPSA) is 0 Å². The van der Waals surface area contributed by atoms with Gasteiger partial charge in [0.1, 0.15) is 0 Å². The average Bonchev–Trinajstić information content (AvgIpc) is 2.70. The van der Waals surface area contributed by atoms with Gasteiger partial charge in [-0.25, -0.2) is 0 Å². The Hall–Kier alpha value is 2.17. The van der Waals surface area contributed by atoms with Gasteiger partial charge in [0.2, 0.25) is 0 Å². The highest BCUT2D eigenvalue weighted by atomic mass is 35.8. The van der Waals surface area contributed by atoms with Gasteiger partial charge in [-0.2, -0.15) is 0 Å². The summed E-state index contributed by atoms with van der Waals surface area (Å²) in [6.45, 7) is 0. The fourth-order valence-corrected chi connectivity index (χ4v) is 8.82. The van der Waals surface area contributed by atoms with Crippen molar-refractivity contribution in [3.05, 3.63) is 0 Å². The summed E-state index contributed by atoms with van der Waals surface area (Å²) in [5.41, 5.74) is 0. The van der Waals surface area contributed by atoms with E-state index in [4.69, 9.17) is 66.5 Å². The van der Waals surface area contributed by atoms with Crippen molar-refractivity contribution in [1.29, 1.82) is 0 Å². The second-order valence-electron chi connectivity index (χ2n) is 5.40. The first kappa shape index (κ1) is 15.6. The third kappa shape index (κ3) is 3.44. The fraction of sp³-hybridized carbons (Fsp3) is 1.00. The van der Waals surface area contributed by atoms with Crippen LogP contribution in [0.4, 0.5) is 0 Å². The van der Waals surface area contributed by atoms with Crippen LogP contribution in [0.1, 0.15) is 32.1 Å². The van der Waals surface area contributed by atoms with Gasteiger partial charge >= 0.3 is 12.0 Å². The zero-order valence-electron chi connectivity index (χ0n) is 9.17. The number of fused-ring (bicyclic) bond motifs is 2. The molecular formula is C9H14Cl6Si2. The van der Waals surface area contributed by atoms with Crippen LogP contribution in [0.2, 0.25) is 11.1 Å². The number of halogens is 6. The summed E-state index contributed by atoms with van der Waals surface area (Å²) in [5.74, 6) is 1.30. The fourth-order valence-electron chi connectivity index (χ4n) is 3.48. The molecule has 17 heavy (non-hydrogen) atoms. The molecule has 0 spiro atoms. The molecule has 0 N–H and O–H groups in total. The molecule has 2 saturated carbocycles. The first-order valence-electron chi connectivity index (χ1n) is 5.76. The molecule has 0 amide bonds. The van der Waals surface area contributed by atoms with E-state index in [2.05, 4.69) is 0 Å². The SMILES string of the molecule is Cl[Si](Cl)(Cl)CCC1CC2([Si](Cl)(Cl)Cl)CCC1C2. The molecule has 2 fully saturated rings. The maximum atomic E-state index is 6.28. The van der Waals surface area contributed by atoms with Crippen molar-refractivity contribution in [2.24, 2.45) is 11.8 Å². The molecule has 3 unspecified atom stereocenters. The smallest absolute Gasteiger partial charge is 0.126 e. The van der Waals surface area contributed by atoms with Crippen LogP contribution in [0.5, 0.6) is 0 Å². The van der Waals surface area contributed by atoms with Crippen molar-refractivity contribution in [2.75, 3.05) is 0 Å². The number of hydrogen-bond acceptors (Lipinski definition) is 0. The van der Waals surface area contributed by atoms with Gasteiger partial charge in [0.25, 0.3) is 0 Å². The molecule has 0 nitrogen and oxygen atoms in total. The maximum Gasteiger partial charge on any atom is 0.347 e. The molecule has 100 valence electrons. The van der Waals surface area contributed by atoms with Crippen molar-refractivity contribution >= 4 is 78.5 Å². The lowest BCUT2D eigenvalue weighted by Gasteiger charge is -2.34. The van der Waals surface area contributed by atoms with Crippen molar-refractivity contribution in [2.45, 2.75) is 43.2 Å². The molecule has 0 aromatic rings. The van der Waals surface area contributed by atoms with Gasteiger partial charge in [-0.1, -0.05) is 0 Å². The molecule has 2 bridgehead atoms. The molecule has 8 heteroatoms. The highest BCUT2D eigenvalue weighted by Crippen LogP contribution is 2.70. The van der Waals surface area contributed by atoms with Crippen molar-refractivity contribution in [3.8, 4) is 0 Å². The van der Waals surface area contributed by atoms with E-state index < -0.39 is 12.0 Å². The predicted molar refractivity (Wildman–Crippen MR) is 84.2 cm³/mol. The first-order chi connectivity index (χ1) is 7.63. The Morgan fingerprint density at radius 1 is 1.00 bits per heavy atom. The summed E-state index contributed by atoms with van der Waals surface area (Å²) >= 11 is 36.7. The molecule has 0 aliphatic heterocycles. The van der Waals surface area contributed by atoms with Crippen molar-refractivity contribution < 1.29 is 0 Å². The third-order valence-electron chi connectivity index (χ3n) is 4.37. The van der Waals surface area contributed by atoms with Gasteiger partial charge in [-0.3, -0.25) is 0 Å². The highest BCUT2D eigenvalue weighted by Gasteiger charge is 2.61. The van der Waals surface area contributed by atoms with E-state index >= 15 is 0 Å². The van der Waals surface area contributed by atoms with Crippen LogP contribution < -0.4 is 0 Å². The first-order valence-corrected chi connectivity index (χ1v) is 16.0. The van der Waals surface area contributed by atoms with E-state index in [9.17, 15) is 0 Å². The summed E-state index contributed by atoms with van der Waals surface area (Å²) in [5, 5.41) is 0.0160. The van der Waals surface area contributed by atoms with Gasteiger partial charge in [0.05, 0.1) is 0 Å². The van der Waals surface area contributed by atoms with E-state index in [1.165, 1.54) is 6.42 Å². The Bertz CT molecular complexity index is 299. The summed E-state index contributed by atoms with van der Waals surface area (Å²) in [7, 11) is 0. The monoisotopic (exact) mass is 388 g/mol. The van der Waals surface area contributed by atoms with Crippen LogP contribution in [0.3, 0.4) is 0 Å². The number of rotatable bonds is 4. The van der Waals surface area contributed by atoms with Crippen LogP contribution in [-0.2, 0) is 0 Å². The van der Waals surface area contributed by atoms with Gasteiger partial charge < -0.3 is 0 Å². The summed E-state index contributed by atoms with van der Waals surface area (Å²) in [6.07, 6.45) is 5.39. The van der Waals surface area contributed by atoms with Crippen LogP contribution in [0.25, 0.3) is 0 Å². The summed E-state index contributed by atoms with van der Waals surface area (Å²) in [4.78, 5) is 0. The lowest BCUT2D eigenvalue weighted by atomic mass is 9.87. The summed E-state index contributed by atoms with van der Waals surface area (Å²) < 4.78 is 0. The molecule has 0 heterocycles. The Morgan fingerprint density at radius 2 is 1.65 bits per heavy atom. The van der Waals surface area contributed by atoms with Crippen LogP contribution in [-0.4, -0.2) is 12.0 Å². The molecule has 2 aliphatic carbocycles. The summed E-state index contributed by atoms with van der Waals surface area (Å²) in [6, 6.07) is -4.38. The Morgan fingerprint density at radius 3 is 2.12 bits per heavy atom. The van der Waals surface area contributed by atoms with E-state index in [0.29, 0.717) is 11.8 Å². The lowest BCUT2D eigenvalue weighted by Crippen LogP contribution is -2.31. The molecule has 0 radical (unpaired) electrons. The minimum absolute atomic E-state index is 0.0160. The minimum Gasteiger partial charge on any atom is -0.126 e. The molecule has 0 saturated heterocycles. The van der Waals surface area contributed by atoms with Gasteiger partial charge in [0.15, 0.2) is 0 Å². The zero-order chi connectivity index (χ0) is 12.9. The maximum absolute atomic E-state index is 6.28.